The Morgan fingerprint density at radius 1 is 1.09 bits per heavy atom. The Morgan fingerprint density at radius 2 is 1.87 bits per heavy atom. The van der Waals surface area contributed by atoms with Gasteiger partial charge in [-0.15, -0.1) is 0 Å². The molecule has 8 heteroatoms. The van der Waals surface area contributed by atoms with Crippen molar-refractivity contribution in [3.05, 3.63) is 28.3 Å². The topological polar surface area (TPSA) is 73.0 Å². The molecular weight excluding hydrogens is 314 g/mol. The molecule has 0 aromatic carbocycles. The Morgan fingerprint density at radius 3 is 2.57 bits per heavy atom. The Kier molecular flexibility index (Phi) is 3.18. The molecule has 0 unspecified atom stereocenters. The van der Waals surface area contributed by atoms with Gasteiger partial charge in [0.25, 0.3) is 0 Å². The van der Waals surface area contributed by atoms with E-state index in [1.807, 2.05) is 4.68 Å². The van der Waals surface area contributed by atoms with E-state index in [1.54, 1.807) is 29.9 Å². The van der Waals surface area contributed by atoms with E-state index >= 15 is 0 Å². The van der Waals surface area contributed by atoms with Gasteiger partial charge in [-0.05, 0) is 38.7 Å². The molecule has 2 aliphatic rings. The van der Waals surface area contributed by atoms with Crippen LogP contribution in [-0.4, -0.2) is 38.8 Å². The van der Waals surface area contributed by atoms with Gasteiger partial charge in [0.15, 0.2) is 0 Å². The lowest BCUT2D eigenvalue weighted by Gasteiger charge is -2.27. The van der Waals surface area contributed by atoms with Crippen LogP contribution in [0.25, 0.3) is 0 Å². The maximum atomic E-state index is 13.1. The van der Waals surface area contributed by atoms with Crippen LogP contribution in [0.3, 0.4) is 0 Å². The fourth-order valence-electron chi connectivity index (χ4n) is 3.79. The fourth-order valence-corrected chi connectivity index (χ4v) is 5.58. The number of hydrogen-bond acceptors (Lipinski definition) is 4. The van der Waals surface area contributed by atoms with Crippen molar-refractivity contribution < 1.29 is 8.42 Å². The van der Waals surface area contributed by atoms with Crippen molar-refractivity contribution in [2.75, 3.05) is 6.54 Å². The predicted octanol–water partition coefficient (Wildman–Crippen LogP) is 0.927. The van der Waals surface area contributed by atoms with Crippen LogP contribution in [-0.2, 0) is 43.0 Å². The summed E-state index contributed by atoms with van der Waals surface area (Å²) >= 11 is 0. The highest BCUT2D eigenvalue weighted by molar-refractivity contribution is 7.89. The summed E-state index contributed by atoms with van der Waals surface area (Å²) in [6.45, 7) is 5.06. The average molecular weight is 335 g/mol. The lowest BCUT2D eigenvalue weighted by atomic mass is 10.2. The highest BCUT2D eigenvalue weighted by Crippen LogP contribution is 2.31. The number of nitrogens with zero attached hydrogens (tertiary/aromatic N) is 5. The first-order chi connectivity index (χ1) is 10.9. The van der Waals surface area contributed by atoms with E-state index in [0.29, 0.717) is 35.9 Å². The van der Waals surface area contributed by atoms with Crippen LogP contribution >= 0.6 is 0 Å². The first kappa shape index (κ1) is 14.9. The minimum Gasteiger partial charge on any atom is -0.271 e. The lowest BCUT2D eigenvalue weighted by Crippen LogP contribution is -2.39. The highest BCUT2D eigenvalue weighted by Gasteiger charge is 2.35. The highest BCUT2D eigenvalue weighted by atomic mass is 32.2. The first-order valence-electron chi connectivity index (χ1n) is 7.97. The van der Waals surface area contributed by atoms with E-state index in [-0.39, 0.29) is 0 Å². The van der Waals surface area contributed by atoms with Crippen LogP contribution in [0.1, 0.15) is 34.8 Å². The maximum absolute atomic E-state index is 13.1. The van der Waals surface area contributed by atoms with Gasteiger partial charge in [-0.3, -0.25) is 9.36 Å². The summed E-state index contributed by atoms with van der Waals surface area (Å²) < 4.78 is 31.4. The second-order valence-electron chi connectivity index (χ2n) is 6.41. The SMILES string of the molecule is Cc1nn(C)c(C)c1S(=O)(=O)N1CCn2nc3c(c2C1)CCC3. The molecule has 2 aromatic rings. The molecule has 7 nitrogen and oxygen atoms in total. The Hall–Kier alpha value is -1.67. The summed E-state index contributed by atoms with van der Waals surface area (Å²) in [5.74, 6) is 0. The fraction of sp³-hybridized carbons (Fsp3) is 0.600. The van der Waals surface area contributed by atoms with Gasteiger partial charge in [-0.25, -0.2) is 8.42 Å². The van der Waals surface area contributed by atoms with Gasteiger partial charge in [0.1, 0.15) is 4.90 Å². The predicted molar refractivity (Wildman–Crippen MR) is 84.5 cm³/mol. The van der Waals surface area contributed by atoms with Crippen molar-refractivity contribution >= 4 is 10.0 Å². The van der Waals surface area contributed by atoms with Crippen molar-refractivity contribution in [1.82, 2.24) is 23.9 Å². The molecule has 3 heterocycles. The summed E-state index contributed by atoms with van der Waals surface area (Å²) in [5.41, 5.74) is 4.75. The van der Waals surface area contributed by atoms with E-state index in [2.05, 4.69) is 10.2 Å². The van der Waals surface area contributed by atoms with E-state index in [4.69, 9.17) is 0 Å². The molecule has 1 aliphatic heterocycles. The molecule has 0 saturated carbocycles. The van der Waals surface area contributed by atoms with Crippen LogP contribution in [0.5, 0.6) is 0 Å². The number of hydrogen-bond donors (Lipinski definition) is 0. The number of fused-ring (bicyclic) bond motifs is 3. The van der Waals surface area contributed by atoms with Crippen molar-refractivity contribution in [2.45, 2.75) is 51.1 Å². The van der Waals surface area contributed by atoms with Crippen LogP contribution in [0.4, 0.5) is 0 Å². The van der Waals surface area contributed by atoms with Crippen molar-refractivity contribution in [3.8, 4) is 0 Å². The van der Waals surface area contributed by atoms with Gasteiger partial charge in [0, 0.05) is 13.6 Å². The van der Waals surface area contributed by atoms with Gasteiger partial charge < -0.3 is 0 Å². The Labute approximate surface area is 135 Å². The third kappa shape index (κ3) is 2.08. The van der Waals surface area contributed by atoms with Gasteiger partial charge in [-0.1, -0.05) is 0 Å². The number of rotatable bonds is 2. The number of sulfonamides is 1. The van der Waals surface area contributed by atoms with Crippen LogP contribution in [0.15, 0.2) is 4.90 Å². The molecule has 124 valence electrons. The van der Waals surface area contributed by atoms with Crippen LogP contribution in [0.2, 0.25) is 0 Å². The summed E-state index contributed by atoms with van der Waals surface area (Å²) in [5, 5.41) is 8.90. The van der Waals surface area contributed by atoms with Gasteiger partial charge in [0.05, 0.1) is 35.9 Å². The van der Waals surface area contributed by atoms with Gasteiger partial charge in [-0.2, -0.15) is 14.5 Å². The monoisotopic (exact) mass is 335 g/mol. The zero-order valence-electron chi connectivity index (χ0n) is 13.7. The van der Waals surface area contributed by atoms with Crippen molar-refractivity contribution in [1.29, 1.82) is 0 Å². The quantitative estimate of drug-likeness (QED) is 0.818. The molecule has 0 bridgehead atoms. The molecule has 0 spiro atoms. The van der Waals surface area contributed by atoms with Gasteiger partial charge >= 0.3 is 0 Å². The second kappa shape index (κ2) is 4.91. The number of aryl methyl sites for hydroxylation is 3. The maximum Gasteiger partial charge on any atom is 0.247 e. The molecule has 0 radical (unpaired) electrons. The van der Waals surface area contributed by atoms with E-state index in [0.717, 1.165) is 30.7 Å². The summed E-state index contributed by atoms with van der Waals surface area (Å²) in [7, 11) is -1.75. The Bertz CT molecular complexity index is 894. The van der Waals surface area contributed by atoms with Crippen molar-refractivity contribution in [3.63, 3.8) is 0 Å². The summed E-state index contributed by atoms with van der Waals surface area (Å²) in [6, 6.07) is 0. The molecule has 0 fully saturated rings. The van der Waals surface area contributed by atoms with Gasteiger partial charge in [0.2, 0.25) is 10.0 Å². The Balaban J connectivity index is 1.74. The third-order valence-corrected chi connectivity index (χ3v) is 7.12. The van der Waals surface area contributed by atoms with E-state index < -0.39 is 10.0 Å². The number of aromatic nitrogens is 4. The minimum absolute atomic E-state index is 0.351. The zero-order valence-corrected chi connectivity index (χ0v) is 14.5. The van der Waals surface area contributed by atoms with E-state index in [9.17, 15) is 8.42 Å². The molecule has 0 atom stereocenters. The molecule has 4 rings (SSSR count). The lowest BCUT2D eigenvalue weighted by molar-refractivity contribution is 0.324. The zero-order chi connectivity index (χ0) is 16.4. The summed E-state index contributed by atoms with van der Waals surface area (Å²) in [4.78, 5) is 0.351. The second-order valence-corrected chi connectivity index (χ2v) is 8.29. The van der Waals surface area contributed by atoms with Crippen molar-refractivity contribution in [2.24, 2.45) is 7.05 Å². The molecule has 0 saturated heterocycles. The minimum atomic E-state index is -3.53. The van der Waals surface area contributed by atoms with Crippen LogP contribution < -0.4 is 0 Å². The first-order valence-corrected chi connectivity index (χ1v) is 9.41. The summed E-state index contributed by atoms with van der Waals surface area (Å²) in [6.07, 6.45) is 3.16. The van der Waals surface area contributed by atoms with Crippen LogP contribution in [0, 0.1) is 13.8 Å². The molecule has 2 aromatic heterocycles. The molecule has 0 amide bonds. The molecule has 0 N–H and O–H groups in total. The smallest absolute Gasteiger partial charge is 0.247 e. The molecular formula is C15H21N5O2S. The normalized spacial score (nSPS) is 18.2. The molecule has 23 heavy (non-hydrogen) atoms. The van der Waals surface area contributed by atoms with E-state index in [1.165, 1.54) is 5.56 Å². The molecule has 1 aliphatic carbocycles. The average Bonchev–Trinajstić information content (AvgIpc) is 3.12. The standard InChI is InChI=1S/C15H21N5O2S/c1-10-15(11(2)18(3)16-10)23(21,22)19-7-8-20-14(9-19)12-5-4-6-13(12)17-20/h4-9H2,1-3H3. The third-order valence-electron chi connectivity index (χ3n) is 5.02. The largest absolute Gasteiger partial charge is 0.271 e.